The molecule has 1 aliphatic rings. The van der Waals surface area contributed by atoms with Crippen LogP contribution in [-0.4, -0.2) is 4.57 Å². The summed E-state index contributed by atoms with van der Waals surface area (Å²) in [5.41, 5.74) is 11.2. The summed E-state index contributed by atoms with van der Waals surface area (Å²) in [5.74, 6) is 0. The number of benzene rings is 8. The molecule has 1 aliphatic heterocycles. The third-order valence-corrected chi connectivity index (χ3v) is 10.7. The molecule has 0 saturated carbocycles. The number of hydrogen-bond donors (Lipinski definition) is 0. The predicted molar refractivity (Wildman–Crippen MR) is 196 cm³/mol. The predicted octanol–water partition coefficient (Wildman–Crippen LogP) is 12.6. The highest BCUT2D eigenvalue weighted by Gasteiger charge is 2.20. The average molecular weight is 602 g/mol. The summed E-state index contributed by atoms with van der Waals surface area (Å²) >= 11 is 1.88. The molecular formula is C44H27NS. The van der Waals surface area contributed by atoms with Gasteiger partial charge in [-0.25, -0.2) is 0 Å². The molecule has 0 spiro atoms. The Labute approximate surface area is 271 Å². The fourth-order valence-electron chi connectivity index (χ4n) is 7.44. The van der Waals surface area contributed by atoms with Crippen molar-refractivity contribution in [2.24, 2.45) is 0 Å². The van der Waals surface area contributed by atoms with Gasteiger partial charge in [0.1, 0.15) is 0 Å². The Morgan fingerprint density at radius 2 is 1.02 bits per heavy atom. The molecule has 8 aromatic carbocycles. The highest BCUT2D eigenvalue weighted by molar-refractivity contribution is 7.99. The molecule has 0 atom stereocenters. The lowest BCUT2D eigenvalue weighted by atomic mass is 9.91. The van der Waals surface area contributed by atoms with Crippen LogP contribution in [0.15, 0.2) is 174 Å². The molecule has 0 fully saturated rings. The molecule has 0 unspecified atom stereocenters. The quantitative estimate of drug-likeness (QED) is 0.195. The van der Waals surface area contributed by atoms with Crippen molar-refractivity contribution < 1.29 is 0 Å². The van der Waals surface area contributed by atoms with E-state index in [-0.39, 0.29) is 0 Å². The van der Waals surface area contributed by atoms with Crippen molar-refractivity contribution in [2.45, 2.75) is 9.79 Å². The zero-order valence-corrected chi connectivity index (χ0v) is 25.8. The molecule has 214 valence electrons. The van der Waals surface area contributed by atoms with Gasteiger partial charge in [0.05, 0.1) is 11.0 Å². The van der Waals surface area contributed by atoms with Gasteiger partial charge in [-0.2, -0.15) is 0 Å². The summed E-state index contributed by atoms with van der Waals surface area (Å²) in [6, 6.07) is 60.3. The fraction of sp³-hybridized carbons (Fsp3) is 0. The van der Waals surface area contributed by atoms with Crippen LogP contribution in [0, 0.1) is 0 Å². The van der Waals surface area contributed by atoms with E-state index in [4.69, 9.17) is 0 Å². The van der Waals surface area contributed by atoms with Crippen LogP contribution in [0.25, 0.3) is 82.4 Å². The first kappa shape index (κ1) is 25.7. The highest BCUT2D eigenvalue weighted by Crippen LogP contribution is 2.49. The number of para-hydroxylation sites is 1. The average Bonchev–Trinajstić information content (AvgIpc) is 3.44. The maximum atomic E-state index is 2.41. The van der Waals surface area contributed by atoms with E-state index in [1.165, 1.54) is 92.2 Å². The minimum Gasteiger partial charge on any atom is -0.309 e. The van der Waals surface area contributed by atoms with E-state index in [1.54, 1.807) is 0 Å². The summed E-state index contributed by atoms with van der Waals surface area (Å²) < 4.78 is 2.41. The van der Waals surface area contributed by atoms with Gasteiger partial charge in [-0.1, -0.05) is 127 Å². The molecule has 0 radical (unpaired) electrons. The summed E-state index contributed by atoms with van der Waals surface area (Å²) in [5, 5.41) is 7.76. The Morgan fingerprint density at radius 3 is 1.87 bits per heavy atom. The van der Waals surface area contributed by atoms with Gasteiger partial charge in [-0.3, -0.25) is 0 Å². The molecule has 0 bridgehead atoms. The fourth-order valence-corrected chi connectivity index (χ4v) is 8.57. The van der Waals surface area contributed by atoms with Gasteiger partial charge in [0.15, 0.2) is 0 Å². The number of hydrogen-bond acceptors (Lipinski definition) is 1. The Morgan fingerprint density at radius 1 is 0.370 bits per heavy atom. The minimum atomic E-state index is 1.17. The van der Waals surface area contributed by atoms with Gasteiger partial charge in [0.2, 0.25) is 0 Å². The maximum absolute atomic E-state index is 2.41. The lowest BCUT2D eigenvalue weighted by Gasteiger charge is -2.21. The molecule has 1 nitrogen and oxygen atoms in total. The SMILES string of the molecule is c1ccc(-c2ccc3c(c2)-c2cccc4cccc(c24)S3)c(-c2ccc(-n3c4ccccc4c4cc5ccccc5cc43)cc2)c1. The van der Waals surface area contributed by atoms with Gasteiger partial charge in [-0.15, -0.1) is 0 Å². The summed E-state index contributed by atoms with van der Waals surface area (Å²) in [7, 11) is 0. The van der Waals surface area contributed by atoms with Crippen LogP contribution < -0.4 is 0 Å². The van der Waals surface area contributed by atoms with Crippen LogP contribution >= 0.6 is 11.8 Å². The monoisotopic (exact) mass is 601 g/mol. The van der Waals surface area contributed by atoms with Gasteiger partial charge in [0.25, 0.3) is 0 Å². The largest absolute Gasteiger partial charge is 0.309 e. The topological polar surface area (TPSA) is 4.93 Å². The number of fused-ring (bicyclic) bond motifs is 6. The molecule has 0 amide bonds. The molecule has 2 heterocycles. The number of rotatable bonds is 3. The van der Waals surface area contributed by atoms with E-state index in [0.717, 1.165) is 0 Å². The van der Waals surface area contributed by atoms with Gasteiger partial charge < -0.3 is 4.57 Å². The minimum absolute atomic E-state index is 1.17. The zero-order chi connectivity index (χ0) is 30.2. The first-order valence-electron chi connectivity index (χ1n) is 15.8. The number of aromatic nitrogens is 1. The maximum Gasteiger partial charge on any atom is 0.0547 e. The molecule has 1 aromatic heterocycles. The molecule has 10 rings (SSSR count). The van der Waals surface area contributed by atoms with Crippen LogP contribution in [0.3, 0.4) is 0 Å². The lowest BCUT2D eigenvalue weighted by molar-refractivity contribution is 1.18. The van der Waals surface area contributed by atoms with E-state index < -0.39 is 0 Å². The smallest absolute Gasteiger partial charge is 0.0547 e. The van der Waals surface area contributed by atoms with E-state index in [2.05, 4.69) is 168 Å². The Bertz CT molecular complexity index is 2660. The second-order valence-corrected chi connectivity index (χ2v) is 13.2. The van der Waals surface area contributed by atoms with Crippen molar-refractivity contribution in [3.63, 3.8) is 0 Å². The van der Waals surface area contributed by atoms with Gasteiger partial charge in [0, 0.05) is 31.6 Å². The molecule has 0 saturated heterocycles. The second-order valence-electron chi connectivity index (χ2n) is 12.1. The van der Waals surface area contributed by atoms with Crippen molar-refractivity contribution in [2.75, 3.05) is 0 Å². The summed E-state index contributed by atoms with van der Waals surface area (Å²) in [4.78, 5) is 2.65. The van der Waals surface area contributed by atoms with Crippen LogP contribution in [0.5, 0.6) is 0 Å². The van der Waals surface area contributed by atoms with E-state index in [0.29, 0.717) is 0 Å². The lowest BCUT2D eigenvalue weighted by Crippen LogP contribution is -1.95. The first-order valence-corrected chi connectivity index (χ1v) is 16.6. The molecule has 9 aromatic rings. The van der Waals surface area contributed by atoms with Crippen molar-refractivity contribution >= 4 is 55.1 Å². The van der Waals surface area contributed by atoms with Crippen molar-refractivity contribution in [1.82, 2.24) is 4.57 Å². The number of nitrogens with zero attached hydrogens (tertiary/aromatic N) is 1. The molecule has 0 aliphatic carbocycles. The van der Waals surface area contributed by atoms with E-state index in [1.807, 2.05) is 11.8 Å². The summed E-state index contributed by atoms with van der Waals surface area (Å²) in [6.45, 7) is 0. The highest BCUT2D eigenvalue weighted by atomic mass is 32.2. The van der Waals surface area contributed by atoms with Crippen molar-refractivity contribution in [3.05, 3.63) is 164 Å². The third kappa shape index (κ3) is 3.84. The van der Waals surface area contributed by atoms with Crippen molar-refractivity contribution in [3.8, 4) is 39.1 Å². The third-order valence-electron chi connectivity index (χ3n) is 9.57. The first-order chi connectivity index (χ1) is 22.8. The van der Waals surface area contributed by atoms with Crippen LogP contribution in [0.1, 0.15) is 0 Å². The van der Waals surface area contributed by atoms with Crippen LogP contribution in [-0.2, 0) is 0 Å². The zero-order valence-electron chi connectivity index (χ0n) is 24.9. The molecular weight excluding hydrogens is 575 g/mol. The normalized spacial score (nSPS) is 12.3. The van der Waals surface area contributed by atoms with Gasteiger partial charge in [-0.05, 0) is 98.1 Å². The van der Waals surface area contributed by atoms with Crippen LogP contribution in [0.2, 0.25) is 0 Å². The summed E-state index contributed by atoms with van der Waals surface area (Å²) in [6.07, 6.45) is 0. The van der Waals surface area contributed by atoms with Crippen LogP contribution in [0.4, 0.5) is 0 Å². The van der Waals surface area contributed by atoms with Gasteiger partial charge >= 0.3 is 0 Å². The standard InChI is InChI=1S/C44H27NS/c1-2-10-31-27-41-38(25-30(31)9-1)36-15-5-6-17-40(36)45(41)33-22-19-28(20-23-33)34-13-3-4-14-35(34)32-21-24-42-39(26-32)37-16-7-11-29-12-8-18-43(46-42)44(29)37/h1-27H. The second kappa shape index (κ2) is 9.97. The Hall–Kier alpha value is -5.57. The van der Waals surface area contributed by atoms with Crippen molar-refractivity contribution in [1.29, 1.82) is 0 Å². The van der Waals surface area contributed by atoms with E-state index >= 15 is 0 Å². The molecule has 2 heteroatoms. The Kier molecular flexibility index (Phi) is 5.58. The molecule has 0 N–H and O–H groups in total. The molecule has 46 heavy (non-hydrogen) atoms. The Balaban J connectivity index is 1.09. The van der Waals surface area contributed by atoms with E-state index in [9.17, 15) is 0 Å².